The predicted molar refractivity (Wildman–Crippen MR) is 77.8 cm³/mol. The lowest BCUT2D eigenvalue weighted by Crippen LogP contribution is -2.49. The average Bonchev–Trinajstić information content (AvgIpc) is 2.82. The minimum Gasteiger partial charge on any atom is -0.392 e. The van der Waals surface area contributed by atoms with E-state index in [-0.39, 0.29) is 11.9 Å². The normalized spacial score (nSPS) is 17.9. The molecule has 104 valence electrons. The quantitative estimate of drug-likeness (QED) is 0.817. The number of nitrogens with two attached hydrogens (primary N) is 1. The number of aromatic nitrogens is 2. The van der Waals surface area contributed by atoms with E-state index in [1.807, 2.05) is 0 Å². The molecular weight excluding hydrogens is 260 g/mol. The van der Waals surface area contributed by atoms with E-state index in [0.717, 1.165) is 12.8 Å². The van der Waals surface area contributed by atoms with Crippen LogP contribution in [0.4, 0.5) is 0 Å². The van der Waals surface area contributed by atoms with Crippen LogP contribution < -0.4 is 11.1 Å². The van der Waals surface area contributed by atoms with Gasteiger partial charge in [-0.25, -0.2) is 4.98 Å². The van der Waals surface area contributed by atoms with Gasteiger partial charge in [-0.1, -0.05) is 31.5 Å². The topological polar surface area (TPSA) is 72.9 Å². The maximum absolute atomic E-state index is 12.2. The summed E-state index contributed by atoms with van der Waals surface area (Å²) in [6, 6.07) is -0.210. The molecule has 1 saturated carbocycles. The summed E-state index contributed by atoms with van der Waals surface area (Å²) < 4.78 is 1.69. The monoisotopic (exact) mass is 280 g/mol. The highest BCUT2D eigenvalue weighted by Crippen LogP contribution is 2.26. The highest BCUT2D eigenvalue weighted by atomic mass is 32.1. The Morgan fingerprint density at radius 2 is 2.21 bits per heavy atom. The molecular formula is C13H20N4OS. The lowest BCUT2D eigenvalue weighted by Gasteiger charge is -2.30. The van der Waals surface area contributed by atoms with Gasteiger partial charge in [-0.3, -0.25) is 4.79 Å². The standard InChI is InChI=1S/C13H20N4OS/c1-17-8-15-7-10(17)13(18)16-11(12(14)19)9-5-3-2-4-6-9/h7-9,11H,2-6H2,1H3,(H2,14,19)(H,16,18). The summed E-state index contributed by atoms with van der Waals surface area (Å²) in [4.78, 5) is 16.5. The second kappa shape index (κ2) is 6.14. The van der Waals surface area contributed by atoms with Crippen molar-refractivity contribution in [3.05, 3.63) is 18.2 Å². The van der Waals surface area contributed by atoms with Gasteiger partial charge in [0.05, 0.1) is 23.6 Å². The van der Waals surface area contributed by atoms with Crippen LogP contribution in [0.25, 0.3) is 0 Å². The van der Waals surface area contributed by atoms with Crippen molar-refractivity contribution < 1.29 is 4.79 Å². The van der Waals surface area contributed by atoms with Crippen molar-refractivity contribution >= 4 is 23.1 Å². The van der Waals surface area contributed by atoms with Crippen LogP contribution in [0.3, 0.4) is 0 Å². The van der Waals surface area contributed by atoms with Crippen molar-refractivity contribution in [3.8, 4) is 0 Å². The van der Waals surface area contributed by atoms with Crippen LogP contribution in [0.1, 0.15) is 42.6 Å². The second-order valence-corrected chi connectivity index (χ2v) is 5.61. The molecule has 5 nitrogen and oxygen atoms in total. The molecule has 2 rings (SSSR count). The largest absolute Gasteiger partial charge is 0.392 e. The van der Waals surface area contributed by atoms with Crippen molar-refractivity contribution in [3.63, 3.8) is 0 Å². The van der Waals surface area contributed by atoms with Gasteiger partial charge in [0.15, 0.2) is 0 Å². The first-order valence-corrected chi connectivity index (χ1v) is 7.07. The number of nitrogens with one attached hydrogen (secondary N) is 1. The average molecular weight is 280 g/mol. The molecule has 0 aromatic carbocycles. The zero-order valence-electron chi connectivity index (χ0n) is 11.1. The lowest BCUT2D eigenvalue weighted by molar-refractivity contribution is 0.0923. The molecule has 1 aliphatic rings. The highest BCUT2D eigenvalue weighted by molar-refractivity contribution is 7.80. The van der Waals surface area contributed by atoms with Crippen molar-refractivity contribution in [1.82, 2.24) is 14.9 Å². The Morgan fingerprint density at radius 1 is 1.53 bits per heavy atom. The molecule has 3 N–H and O–H groups in total. The first-order chi connectivity index (χ1) is 9.09. The van der Waals surface area contributed by atoms with Gasteiger partial charge >= 0.3 is 0 Å². The van der Waals surface area contributed by atoms with Crippen molar-refractivity contribution in [2.24, 2.45) is 18.7 Å². The molecule has 1 fully saturated rings. The number of rotatable bonds is 4. The molecule has 1 aliphatic carbocycles. The van der Waals surface area contributed by atoms with E-state index in [1.165, 1.54) is 19.3 Å². The molecule has 0 spiro atoms. The zero-order valence-corrected chi connectivity index (χ0v) is 11.9. The summed E-state index contributed by atoms with van der Waals surface area (Å²) in [7, 11) is 1.79. The molecule has 1 heterocycles. The molecule has 1 atom stereocenters. The van der Waals surface area contributed by atoms with E-state index >= 15 is 0 Å². The Balaban J connectivity index is 2.06. The minimum absolute atomic E-state index is 0.164. The van der Waals surface area contributed by atoms with Gasteiger partial charge in [0.25, 0.3) is 5.91 Å². The van der Waals surface area contributed by atoms with E-state index in [4.69, 9.17) is 18.0 Å². The molecule has 0 bridgehead atoms. The molecule has 6 heteroatoms. The first kappa shape index (κ1) is 14.0. The van der Waals surface area contributed by atoms with Crippen LogP contribution in [0.15, 0.2) is 12.5 Å². The van der Waals surface area contributed by atoms with Gasteiger partial charge in [-0.2, -0.15) is 0 Å². The number of hydrogen-bond donors (Lipinski definition) is 2. The fourth-order valence-electron chi connectivity index (χ4n) is 2.68. The number of carbonyl (C=O) groups is 1. The second-order valence-electron chi connectivity index (χ2n) is 5.14. The van der Waals surface area contributed by atoms with Gasteiger partial charge < -0.3 is 15.6 Å². The molecule has 0 aliphatic heterocycles. The summed E-state index contributed by atoms with van der Waals surface area (Å²) in [6.45, 7) is 0. The molecule has 1 amide bonds. The van der Waals surface area contributed by atoms with Crippen molar-refractivity contribution in [2.75, 3.05) is 0 Å². The van der Waals surface area contributed by atoms with Crippen LogP contribution in [0.2, 0.25) is 0 Å². The summed E-state index contributed by atoms with van der Waals surface area (Å²) in [5.41, 5.74) is 6.33. The third-order valence-corrected chi connectivity index (χ3v) is 4.02. The smallest absolute Gasteiger partial charge is 0.270 e. The molecule has 0 saturated heterocycles. The van der Waals surface area contributed by atoms with Gasteiger partial charge in [0, 0.05) is 7.05 Å². The van der Waals surface area contributed by atoms with E-state index in [1.54, 1.807) is 24.1 Å². The fraction of sp³-hybridized carbons (Fsp3) is 0.615. The van der Waals surface area contributed by atoms with E-state index in [9.17, 15) is 4.79 Å². The van der Waals surface area contributed by atoms with Gasteiger partial charge in [0.1, 0.15) is 5.69 Å². The number of aryl methyl sites for hydroxylation is 1. The lowest BCUT2D eigenvalue weighted by atomic mass is 9.84. The SMILES string of the molecule is Cn1cncc1C(=O)NC(C(N)=S)C1CCCCC1. The summed E-state index contributed by atoms with van der Waals surface area (Å²) in [6.07, 6.45) is 8.94. The molecule has 1 unspecified atom stereocenters. The Morgan fingerprint density at radius 3 is 2.74 bits per heavy atom. The molecule has 1 aromatic rings. The summed E-state index contributed by atoms with van der Waals surface area (Å²) in [5.74, 6) is 0.201. The third-order valence-electron chi connectivity index (χ3n) is 3.76. The Bertz CT molecular complexity index is 465. The Labute approximate surface area is 118 Å². The summed E-state index contributed by atoms with van der Waals surface area (Å²) >= 11 is 5.12. The zero-order chi connectivity index (χ0) is 13.8. The number of nitrogens with zero attached hydrogens (tertiary/aromatic N) is 2. The highest BCUT2D eigenvalue weighted by Gasteiger charge is 2.28. The number of thiocarbonyl (C=S) groups is 1. The van der Waals surface area contributed by atoms with Gasteiger partial charge in [-0.05, 0) is 18.8 Å². The van der Waals surface area contributed by atoms with Crippen molar-refractivity contribution in [1.29, 1.82) is 0 Å². The predicted octanol–water partition coefficient (Wildman–Crippen LogP) is 1.38. The molecule has 1 aromatic heterocycles. The van der Waals surface area contributed by atoms with Crippen LogP contribution >= 0.6 is 12.2 Å². The number of carbonyl (C=O) groups excluding carboxylic acids is 1. The van der Waals surface area contributed by atoms with E-state index < -0.39 is 0 Å². The number of imidazole rings is 1. The maximum Gasteiger partial charge on any atom is 0.270 e. The summed E-state index contributed by atoms with van der Waals surface area (Å²) in [5, 5.41) is 2.96. The van der Waals surface area contributed by atoms with E-state index in [0.29, 0.717) is 16.6 Å². The molecule has 0 radical (unpaired) electrons. The number of amides is 1. The van der Waals surface area contributed by atoms with Crippen molar-refractivity contribution in [2.45, 2.75) is 38.1 Å². The Kier molecular flexibility index (Phi) is 4.52. The Hall–Kier alpha value is -1.43. The fourth-order valence-corrected chi connectivity index (χ4v) is 2.93. The van der Waals surface area contributed by atoms with Crippen LogP contribution in [-0.2, 0) is 7.05 Å². The van der Waals surface area contributed by atoms with Gasteiger partial charge in [0.2, 0.25) is 0 Å². The van der Waals surface area contributed by atoms with Crippen LogP contribution in [-0.4, -0.2) is 26.5 Å². The minimum atomic E-state index is -0.210. The van der Waals surface area contributed by atoms with Crippen LogP contribution in [0, 0.1) is 5.92 Å². The van der Waals surface area contributed by atoms with Crippen LogP contribution in [0.5, 0.6) is 0 Å². The van der Waals surface area contributed by atoms with Gasteiger partial charge in [-0.15, -0.1) is 0 Å². The van der Waals surface area contributed by atoms with E-state index in [2.05, 4.69) is 10.3 Å². The maximum atomic E-state index is 12.2. The third kappa shape index (κ3) is 3.32. The number of hydrogen-bond acceptors (Lipinski definition) is 3. The molecule has 19 heavy (non-hydrogen) atoms. The first-order valence-electron chi connectivity index (χ1n) is 6.66.